The van der Waals surface area contributed by atoms with Gasteiger partial charge in [0.15, 0.2) is 11.0 Å². The SMILES string of the molecule is COC(CNC(=O)c1ccoc1Br)OC. The van der Waals surface area contributed by atoms with Crippen LogP contribution >= 0.6 is 15.9 Å². The zero-order chi connectivity index (χ0) is 11.3. The van der Waals surface area contributed by atoms with E-state index in [0.717, 1.165) is 0 Å². The quantitative estimate of drug-likeness (QED) is 0.827. The largest absolute Gasteiger partial charge is 0.457 e. The number of hydrogen-bond donors (Lipinski definition) is 1. The van der Waals surface area contributed by atoms with Gasteiger partial charge in [0.25, 0.3) is 5.91 Å². The lowest BCUT2D eigenvalue weighted by Gasteiger charge is -2.13. The van der Waals surface area contributed by atoms with Crippen molar-refractivity contribution in [1.82, 2.24) is 5.32 Å². The predicted octanol–water partition coefficient (Wildman–Crippen LogP) is 1.39. The molecule has 0 atom stereocenters. The number of amides is 1. The van der Waals surface area contributed by atoms with Crippen LogP contribution in [0.4, 0.5) is 0 Å². The zero-order valence-electron chi connectivity index (χ0n) is 8.45. The first-order valence-corrected chi connectivity index (χ1v) is 5.05. The minimum absolute atomic E-state index is 0.241. The number of nitrogens with one attached hydrogen (secondary N) is 1. The standard InChI is InChI=1S/C9H12BrNO4/c1-13-7(14-2)5-11-9(12)6-3-4-15-8(6)10/h3-4,7H,5H2,1-2H3,(H,11,12). The minimum Gasteiger partial charge on any atom is -0.457 e. The third kappa shape index (κ3) is 3.33. The summed E-state index contributed by atoms with van der Waals surface area (Å²) >= 11 is 3.12. The molecule has 0 aliphatic heterocycles. The summed E-state index contributed by atoms with van der Waals surface area (Å²) < 4.78 is 15.2. The van der Waals surface area contributed by atoms with Crippen molar-refractivity contribution in [2.45, 2.75) is 6.29 Å². The van der Waals surface area contributed by atoms with E-state index in [1.165, 1.54) is 20.5 Å². The van der Waals surface area contributed by atoms with Gasteiger partial charge in [0.1, 0.15) is 0 Å². The molecule has 0 aromatic carbocycles. The van der Waals surface area contributed by atoms with Crippen molar-refractivity contribution in [3.8, 4) is 0 Å². The number of methoxy groups -OCH3 is 2. The second-order valence-corrected chi connectivity index (χ2v) is 3.44. The maximum absolute atomic E-state index is 11.6. The summed E-state index contributed by atoms with van der Waals surface area (Å²) in [5, 5.41) is 2.65. The first-order valence-electron chi connectivity index (χ1n) is 4.25. The van der Waals surface area contributed by atoms with E-state index in [2.05, 4.69) is 21.2 Å². The molecule has 15 heavy (non-hydrogen) atoms. The third-order valence-corrected chi connectivity index (χ3v) is 2.43. The van der Waals surface area contributed by atoms with Gasteiger partial charge in [-0.25, -0.2) is 0 Å². The van der Waals surface area contributed by atoms with E-state index >= 15 is 0 Å². The van der Waals surface area contributed by atoms with Gasteiger partial charge in [0.2, 0.25) is 0 Å². The minimum atomic E-state index is -0.445. The summed E-state index contributed by atoms with van der Waals surface area (Å²) in [7, 11) is 3.02. The summed E-state index contributed by atoms with van der Waals surface area (Å²) in [6.07, 6.45) is 0.989. The zero-order valence-corrected chi connectivity index (χ0v) is 10.0. The second-order valence-electron chi connectivity index (χ2n) is 2.72. The molecule has 1 rings (SSSR count). The first-order chi connectivity index (χ1) is 7.19. The molecular weight excluding hydrogens is 266 g/mol. The van der Waals surface area contributed by atoms with Crippen LogP contribution in [-0.2, 0) is 9.47 Å². The number of hydrogen-bond acceptors (Lipinski definition) is 4. The van der Waals surface area contributed by atoms with Crippen LogP contribution in [-0.4, -0.2) is 33.0 Å². The summed E-state index contributed by atoms with van der Waals surface area (Å²) in [6.45, 7) is 0.281. The number of rotatable bonds is 5. The van der Waals surface area contributed by atoms with Crippen LogP contribution in [0, 0.1) is 0 Å². The first kappa shape index (κ1) is 12.2. The van der Waals surface area contributed by atoms with E-state index in [-0.39, 0.29) is 12.5 Å². The van der Waals surface area contributed by atoms with Crippen molar-refractivity contribution >= 4 is 21.8 Å². The number of carbonyl (C=O) groups is 1. The molecule has 0 aliphatic rings. The van der Waals surface area contributed by atoms with Crippen LogP contribution in [0.15, 0.2) is 21.4 Å². The van der Waals surface area contributed by atoms with Crippen LogP contribution in [0.5, 0.6) is 0 Å². The predicted molar refractivity (Wildman–Crippen MR) is 56.5 cm³/mol. The molecule has 0 aliphatic carbocycles. The Bertz CT molecular complexity index is 322. The molecule has 0 fully saturated rings. The lowest BCUT2D eigenvalue weighted by molar-refractivity contribution is -0.0974. The Balaban J connectivity index is 2.47. The molecule has 1 aromatic heterocycles. The summed E-state index contributed by atoms with van der Waals surface area (Å²) in [4.78, 5) is 11.6. The fourth-order valence-corrected chi connectivity index (χ4v) is 1.41. The Hall–Kier alpha value is -0.850. The Morgan fingerprint density at radius 2 is 2.27 bits per heavy atom. The van der Waals surface area contributed by atoms with Crippen molar-refractivity contribution in [2.24, 2.45) is 0 Å². The van der Waals surface area contributed by atoms with Crippen molar-refractivity contribution in [1.29, 1.82) is 0 Å². The van der Waals surface area contributed by atoms with E-state index in [1.54, 1.807) is 6.07 Å². The van der Waals surface area contributed by atoms with Crippen molar-refractivity contribution in [3.05, 3.63) is 22.6 Å². The molecule has 0 bridgehead atoms. The highest BCUT2D eigenvalue weighted by Gasteiger charge is 2.14. The Labute approximate surface area is 95.9 Å². The van der Waals surface area contributed by atoms with E-state index in [1.807, 2.05) is 0 Å². The molecule has 1 N–H and O–H groups in total. The van der Waals surface area contributed by atoms with E-state index in [9.17, 15) is 4.79 Å². The summed E-state index contributed by atoms with van der Waals surface area (Å²) in [5.74, 6) is -0.241. The second kappa shape index (κ2) is 5.89. The molecule has 1 heterocycles. The number of halogens is 1. The van der Waals surface area contributed by atoms with Crippen molar-refractivity contribution in [2.75, 3.05) is 20.8 Å². The molecule has 0 spiro atoms. The van der Waals surface area contributed by atoms with Crippen LogP contribution in [0.2, 0.25) is 0 Å². The topological polar surface area (TPSA) is 60.7 Å². The van der Waals surface area contributed by atoms with Crippen LogP contribution in [0.1, 0.15) is 10.4 Å². The van der Waals surface area contributed by atoms with Gasteiger partial charge in [-0.05, 0) is 22.0 Å². The van der Waals surface area contributed by atoms with Gasteiger partial charge in [-0.2, -0.15) is 0 Å². The molecule has 1 aromatic rings. The lowest BCUT2D eigenvalue weighted by Crippen LogP contribution is -2.34. The molecule has 1 amide bonds. The smallest absolute Gasteiger partial charge is 0.255 e. The summed E-state index contributed by atoms with van der Waals surface area (Å²) in [5.41, 5.74) is 0.445. The van der Waals surface area contributed by atoms with Gasteiger partial charge < -0.3 is 19.2 Å². The lowest BCUT2D eigenvalue weighted by atomic mass is 10.3. The van der Waals surface area contributed by atoms with E-state index in [4.69, 9.17) is 13.9 Å². The molecule has 0 radical (unpaired) electrons. The van der Waals surface area contributed by atoms with Crippen LogP contribution in [0.25, 0.3) is 0 Å². The van der Waals surface area contributed by atoms with E-state index < -0.39 is 6.29 Å². The van der Waals surface area contributed by atoms with Crippen LogP contribution in [0.3, 0.4) is 0 Å². The van der Waals surface area contributed by atoms with Gasteiger partial charge in [-0.3, -0.25) is 4.79 Å². The van der Waals surface area contributed by atoms with Gasteiger partial charge in [-0.15, -0.1) is 0 Å². The van der Waals surface area contributed by atoms with Gasteiger partial charge in [0.05, 0.1) is 18.4 Å². The van der Waals surface area contributed by atoms with E-state index in [0.29, 0.717) is 10.2 Å². The summed E-state index contributed by atoms with van der Waals surface area (Å²) in [6, 6.07) is 1.58. The molecule has 5 nitrogen and oxygen atoms in total. The number of furan rings is 1. The highest BCUT2D eigenvalue weighted by atomic mass is 79.9. The average molecular weight is 278 g/mol. The highest BCUT2D eigenvalue weighted by molar-refractivity contribution is 9.10. The average Bonchev–Trinajstić information content (AvgIpc) is 2.66. The maximum Gasteiger partial charge on any atom is 0.255 e. The third-order valence-electron chi connectivity index (χ3n) is 1.82. The Kier molecular flexibility index (Phi) is 4.80. The molecule has 6 heteroatoms. The molecule has 0 saturated heterocycles. The molecular formula is C9H12BrNO4. The van der Waals surface area contributed by atoms with Crippen LogP contribution < -0.4 is 5.32 Å². The molecule has 84 valence electrons. The number of ether oxygens (including phenoxy) is 2. The van der Waals surface area contributed by atoms with Crippen molar-refractivity contribution < 1.29 is 18.7 Å². The Morgan fingerprint density at radius 1 is 1.60 bits per heavy atom. The fraction of sp³-hybridized carbons (Fsp3) is 0.444. The normalized spacial score (nSPS) is 10.7. The van der Waals surface area contributed by atoms with Gasteiger partial charge >= 0.3 is 0 Å². The molecule has 0 saturated carbocycles. The molecule has 0 unspecified atom stereocenters. The monoisotopic (exact) mass is 277 g/mol. The maximum atomic E-state index is 11.6. The number of carbonyl (C=O) groups excluding carboxylic acids is 1. The van der Waals surface area contributed by atoms with Gasteiger partial charge in [0, 0.05) is 14.2 Å². The highest BCUT2D eigenvalue weighted by Crippen LogP contribution is 2.16. The van der Waals surface area contributed by atoms with Crippen molar-refractivity contribution in [3.63, 3.8) is 0 Å². The Morgan fingerprint density at radius 3 is 2.73 bits per heavy atom. The van der Waals surface area contributed by atoms with Gasteiger partial charge in [-0.1, -0.05) is 0 Å². The fourth-order valence-electron chi connectivity index (χ4n) is 0.990.